The van der Waals surface area contributed by atoms with Crippen LogP contribution in [0, 0.1) is 0 Å². The van der Waals surface area contributed by atoms with Crippen LogP contribution in [0.5, 0.6) is 5.75 Å². The lowest BCUT2D eigenvalue weighted by Crippen LogP contribution is -2.51. The molecule has 4 rings (SSSR count). The van der Waals surface area contributed by atoms with Crippen LogP contribution < -0.4 is 20.1 Å². The Morgan fingerprint density at radius 1 is 1.05 bits per heavy atom. The summed E-state index contributed by atoms with van der Waals surface area (Å²) in [6.45, 7) is 10.1. The predicted octanol–water partition coefficient (Wildman–Crippen LogP) is 3.78. The van der Waals surface area contributed by atoms with Crippen molar-refractivity contribution in [2.45, 2.75) is 33.2 Å². The van der Waals surface area contributed by atoms with E-state index in [0.29, 0.717) is 37.6 Å². The monoisotopic (exact) mass is 584 g/mol. The van der Waals surface area contributed by atoms with Crippen LogP contribution in [-0.4, -0.2) is 80.8 Å². The number of sulfonamides is 1. The van der Waals surface area contributed by atoms with Gasteiger partial charge in [0.25, 0.3) is 5.91 Å². The molecule has 2 heterocycles. The van der Waals surface area contributed by atoms with Crippen LogP contribution in [0.15, 0.2) is 36.4 Å². The number of urea groups is 1. The molecule has 3 amide bonds. The molecule has 41 heavy (non-hydrogen) atoms. The fourth-order valence-corrected chi connectivity index (χ4v) is 5.77. The molecule has 1 saturated heterocycles. The maximum atomic E-state index is 13.6. The van der Waals surface area contributed by atoms with Gasteiger partial charge in [0.2, 0.25) is 10.0 Å². The molecule has 12 heteroatoms. The van der Waals surface area contributed by atoms with Gasteiger partial charge in [-0.05, 0) is 42.2 Å². The SMILES string of the molecule is CCNC(=O)N1CCN(Cc2cccc3cc(C(=O)Nc4cc(C(C)C)cc(NS(C)(=O)=O)c4OC)n(C)c23)CC1. The van der Waals surface area contributed by atoms with Gasteiger partial charge in [0.1, 0.15) is 5.69 Å². The zero-order valence-electron chi connectivity index (χ0n) is 24.6. The van der Waals surface area contributed by atoms with Crippen molar-refractivity contribution in [3.05, 3.63) is 53.2 Å². The second kappa shape index (κ2) is 12.4. The molecular weight excluding hydrogens is 544 g/mol. The summed E-state index contributed by atoms with van der Waals surface area (Å²) in [5, 5.41) is 6.76. The van der Waals surface area contributed by atoms with Gasteiger partial charge in [0, 0.05) is 51.7 Å². The van der Waals surface area contributed by atoms with Crippen molar-refractivity contribution < 1.29 is 22.7 Å². The highest BCUT2D eigenvalue weighted by Gasteiger charge is 2.24. The number of carbonyl (C=O) groups excluding carboxylic acids is 2. The average molecular weight is 585 g/mol. The van der Waals surface area contributed by atoms with E-state index in [-0.39, 0.29) is 29.3 Å². The summed E-state index contributed by atoms with van der Waals surface area (Å²) in [5.41, 5.74) is 4.01. The van der Waals surface area contributed by atoms with Crippen molar-refractivity contribution in [2.24, 2.45) is 7.05 Å². The average Bonchev–Trinajstić information content (AvgIpc) is 3.25. The maximum absolute atomic E-state index is 13.6. The summed E-state index contributed by atoms with van der Waals surface area (Å²) in [6, 6.07) is 11.4. The Labute approximate surface area is 241 Å². The molecule has 0 unspecified atom stereocenters. The molecule has 0 atom stereocenters. The van der Waals surface area contributed by atoms with E-state index in [1.54, 1.807) is 6.07 Å². The number of hydrogen-bond acceptors (Lipinski definition) is 6. The van der Waals surface area contributed by atoms with Crippen molar-refractivity contribution in [3.8, 4) is 5.75 Å². The first kappa shape index (κ1) is 30.2. The van der Waals surface area contributed by atoms with Crippen molar-refractivity contribution in [2.75, 3.05) is 56.1 Å². The highest BCUT2D eigenvalue weighted by atomic mass is 32.2. The number of benzene rings is 2. The van der Waals surface area contributed by atoms with Gasteiger partial charge in [0.15, 0.2) is 5.75 Å². The Morgan fingerprint density at radius 3 is 2.34 bits per heavy atom. The van der Waals surface area contributed by atoms with Crippen LogP contribution in [0.1, 0.15) is 48.3 Å². The number of nitrogens with one attached hydrogen (secondary N) is 3. The Hall–Kier alpha value is -3.77. The summed E-state index contributed by atoms with van der Waals surface area (Å²) in [7, 11) is -0.270. The lowest BCUT2D eigenvalue weighted by Gasteiger charge is -2.34. The van der Waals surface area contributed by atoms with Gasteiger partial charge in [0.05, 0.1) is 30.3 Å². The van der Waals surface area contributed by atoms with Crippen molar-refractivity contribution >= 4 is 44.2 Å². The zero-order valence-corrected chi connectivity index (χ0v) is 25.4. The number of amides is 3. The standard InChI is InChI=1S/C29H40N6O5S/c1-7-30-29(37)35-13-11-34(12-14-35)18-21-10-8-9-20-17-25(33(4)26(20)21)28(36)31-23-15-22(19(2)3)16-24(27(23)40-5)32-41(6,38)39/h8-10,15-17,19,32H,7,11-14,18H2,1-6H3,(H,30,37)(H,31,36). The van der Waals surface area contributed by atoms with Crippen molar-refractivity contribution in [1.82, 2.24) is 19.7 Å². The Balaban J connectivity index is 1.60. The number of hydrogen-bond donors (Lipinski definition) is 3. The normalized spacial score (nSPS) is 14.4. The molecule has 0 radical (unpaired) electrons. The van der Waals surface area contributed by atoms with Gasteiger partial charge in [-0.25, -0.2) is 13.2 Å². The molecule has 3 N–H and O–H groups in total. The minimum atomic E-state index is -3.57. The molecule has 1 aromatic heterocycles. The zero-order chi connectivity index (χ0) is 29.9. The smallest absolute Gasteiger partial charge is 0.317 e. The highest BCUT2D eigenvalue weighted by molar-refractivity contribution is 7.92. The molecule has 222 valence electrons. The number of fused-ring (bicyclic) bond motifs is 1. The Kier molecular flexibility index (Phi) is 9.13. The second-order valence-electron chi connectivity index (χ2n) is 10.7. The second-order valence-corrected chi connectivity index (χ2v) is 12.4. The molecule has 0 aliphatic carbocycles. The number of anilines is 2. The van der Waals surface area contributed by atoms with E-state index in [1.807, 2.05) is 61.6 Å². The fourth-order valence-electron chi connectivity index (χ4n) is 5.22. The van der Waals surface area contributed by atoms with Crippen molar-refractivity contribution in [3.63, 3.8) is 0 Å². The van der Waals surface area contributed by atoms with E-state index in [1.165, 1.54) is 7.11 Å². The van der Waals surface area contributed by atoms with Crippen LogP contribution >= 0.6 is 0 Å². The highest BCUT2D eigenvalue weighted by Crippen LogP contribution is 2.38. The van der Waals surface area contributed by atoms with E-state index in [2.05, 4.69) is 26.3 Å². The predicted molar refractivity (Wildman–Crippen MR) is 162 cm³/mol. The molecular formula is C29H40N6O5S. The number of carbonyl (C=O) groups is 2. The van der Waals surface area contributed by atoms with E-state index in [4.69, 9.17) is 4.74 Å². The number of nitrogens with zero attached hydrogens (tertiary/aromatic N) is 3. The van der Waals surface area contributed by atoms with Crippen molar-refractivity contribution in [1.29, 1.82) is 0 Å². The van der Waals surface area contributed by atoms with Gasteiger partial charge in [-0.2, -0.15) is 0 Å². The third-order valence-corrected chi connectivity index (χ3v) is 7.87. The van der Waals surface area contributed by atoms with Crippen LogP contribution in [0.4, 0.5) is 16.2 Å². The largest absolute Gasteiger partial charge is 0.492 e. The van der Waals surface area contributed by atoms with Gasteiger partial charge >= 0.3 is 6.03 Å². The van der Waals surface area contributed by atoms with Gasteiger partial charge < -0.3 is 24.8 Å². The van der Waals surface area contributed by atoms with E-state index < -0.39 is 10.0 Å². The topological polar surface area (TPSA) is 125 Å². The molecule has 1 aliphatic rings. The molecule has 1 fully saturated rings. The lowest BCUT2D eigenvalue weighted by molar-refractivity contribution is 0.101. The van der Waals surface area contributed by atoms with Gasteiger partial charge in [-0.3, -0.25) is 14.4 Å². The fraction of sp³-hybridized carbons (Fsp3) is 0.448. The molecule has 11 nitrogen and oxygen atoms in total. The summed E-state index contributed by atoms with van der Waals surface area (Å²) in [5.74, 6) is -0.0196. The van der Waals surface area contributed by atoms with Gasteiger partial charge in [-0.15, -0.1) is 0 Å². The first-order valence-electron chi connectivity index (χ1n) is 13.7. The summed E-state index contributed by atoms with van der Waals surface area (Å²) >= 11 is 0. The summed E-state index contributed by atoms with van der Waals surface area (Å²) in [4.78, 5) is 29.9. The summed E-state index contributed by atoms with van der Waals surface area (Å²) < 4.78 is 34.0. The Morgan fingerprint density at radius 2 is 1.73 bits per heavy atom. The number of aryl methyl sites for hydroxylation is 1. The number of aromatic nitrogens is 1. The lowest BCUT2D eigenvalue weighted by atomic mass is 10.0. The number of para-hydroxylation sites is 1. The summed E-state index contributed by atoms with van der Waals surface area (Å²) in [6.07, 6.45) is 1.07. The number of methoxy groups -OCH3 is 1. The van der Waals surface area contributed by atoms with Crippen LogP contribution in [0.25, 0.3) is 10.9 Å². The molecule has 1 aliphatic heterocycles. The maximum Gasteiger partial charge on any atom is 0.317 e. The van der Waals surface area contributed by atoms with E-state index in [9.17, 15) is 18.0 Å². The third-order valence-electron chi connectivity index (χ3n) is 7.28. The Bertz CT molecular complexity index is 1540. The first-order chi connectivity index (χ1) is 19.4. The van der Waals surface area contributed by atoms with Crippen LogP contribution in [-0.2, 0) is 23.6 Å². The van der Waals surface area contributed by atoms with Gasteiger partial charge in [-0.1, -0.05) is 32.0 Å². The number of rotatable bonds is 9. The molecule has 0 bridgehead atoms. The van der Waals surface area contributed by atoms with E-state index >= 15 is 0 Å². The molecule has 0 spiro atoms. The number of piperazine rings is 1. The quantitative estimate of drug-likeness (QED) is 0.352. The van der Waals surface area contributed by atoms with Crippen LogP contribution in [0.3, 0.4) is 0 Å². The minimum Gasteiger partial charge on any atom is -0.492 e. The first-order valence-corrected chi connectivity index (χ1v) is 15.6. The molecule has 0 saturated carbocycles. The third kappa shape index (κ3) is 6.94. The molecule has 3 aromatic rings. The minimum absolute atomic E-state index is 0.0258. The van der Waals surface area contributed by atoms with E-state index in [0.717, 1.165) is 41.4 Å². The van der Waals surface area contributed by atoms with Crippen LogP contribution in [0.2, 0.25) is 0 Å². The number of ether oxygens (including phenoxy) is 1. The molecule has 2 aromatic carbocycles.